The van der Waals surface area contributed by atoms with Crippen LogP contribution in [0.5, 0.6) is 11.5 Å². The number of aliphatic carboxylic acids is 1. The molecule has 2 heterocycles. The Kier molecular flexibility index (Phi) is 6.57. The molecule has 0 aliphatic carbocycles. The van der Waals surface area contributed by atoms with E-state index in [1.54, 1.807) is 0 Å². The summed E-state index contributed by atoms with van der Waals surface area (Å²) in [6.45, 7) is 3.33. The van der Waals surface area contributed by atoms with Gasteiger partial charge in [0.15, 0.2) is 17.2 Å². The smallest absolute Gasteiger partial charge is 0.338 e. The Labute approximate surface area is 196 Å². The Hall–Kier alpha value is -3.65. The third-order valence-electron chi connectivity index (χ3n) is 5.18. The highest BCUT2D eigenvalue weighted by molar-refractivity contribution is 8.01. The van der Waals surface area contributed by atoms with Gasteiger partial charge in [-0.1, -0.05) is 0 Å². The van der Waals surface area contributed by atoms with Gasteiger partial charge in [0.1, 0.15) is 18.0 Å². The number of nitrogens with one attached hydrogen (secondary N) is 1. The van der Waals surface area contributed by atoms with Gasteiger partial charge in [0.2, 0.25) is 6.41 Å². The lowest BCUT2D eigenvalue weighted by Crippen LogP contribution is -2.83. The van der Waals surface area contributed by atoms with Gasteiger partial charge in [0.05, 0.1) is 10.3 Å². The van der Waals surface area contributed by atoms with E-state index in [0.717, 1.165) is 36.6 Å². The summed E-state index contributed by atoms with van der Waals surface area (Å²) in [7, 11) is 0. The third-order valence-corrected chi connectivity index (χ3v) is 6.88. The number of benzene rings is 1. The van der Waals surface area contributed by atoms with E-state index in [4.69, 9.17) is 19.9 Å². The number of nitrogens with zero attached hydrogens (tertiary/aromatic N) is 1. The fraction of sp³-hybridized carbons (Fsp3) is 0.400. The number of rotatable bonds is 8. The molecule has 0 bridgehead atoms. The number of nitrogens with two attached hydrogens (primary N) is 1. The van der Waals surface area contributed by atoms with Crippen molar-refractivity contribution in [2.75, 3.05) is 6.61 Å². The molecular formula is C20H21N3O10S. The Bertz CT molecular complexity index is 1090. The number of carboxylic acids is 1. The van der Waals surface area contributed by atoms with E-state index in [1.165, 1.54) is 19.1 Å². The highest BCUT2D eigenvalue weighted by atomic mass is 32.2. The SMILES string of the molecule is CC(=O)Oc1ccc(C(=O)OCC2(C)SC3N(C(=O)C3(N)NC=O)C2C(=O)O)cc1OC(C)=O. The number of carbonyl (C=O) groups excluding carboxylic acids is 5. The molecule has 1 aromatic rings. The van der Waals surface area contributed by atoms with Gasteiger partial charge in [0, 0.05) is 13.8 Å². The van der Waals surface area contributed by atoms with Crippen LogP contribution in [0.4, 0.5) is 0 Å². The van der Waals surface area contributed by atoms with Gasteiger partial charge >= 0.3 is 23.9 Å². The normalized spacial score (nSPS) is 27.2. The summed E-state index contributed by atoms with van der Waals surface area (Å²) >= 11 is 0.982. The van der Waals surface area contributed by atoms with Crippen molar-refractivity contribution in [2.24, 2.45) is 5.73 Å². The summed E-state index contributed by atoms with van der Waals surface area (Å²) in [6, 6.07) is 2.26. The van der Waals surface area contributed by atoms with Crippen molar-refractivity contribution in [3.8, 4) is 11.5 Å². The number of carboxylic acid groups (broad SMARTS) is 1. The molecule has 2 amide bonds. The van der Waals surface area contributed by atoms with E-state index in [9.17, 15) is 33.9 Å². The summed E-state index contributed by atoms with van der Waals surface area (Å²) in [4.78, 5) is 71.6. The van der Waals surface area contributed by atoms with Crippen LogP contribution < -0.4 is 20.5 Å². The van der Waals surface area contributed by atoms with Crippen molar-refractivity contribution in [3.05, 3.63) is 23.8 Å². The summed E-state index contributed by atoms with van der Waals surface area (Å²) in [5.74, 6) is -4.67. The number of hydrogen-bond donors (Lipinski definition) is 3. The molecule has 13 nitrogen and oxygen atoms in total. The molecule has 0 spiro atoms. The van der Waals surface area contributed by atoms with Crippen LogP contribution in [0.3, 0.4) is 0 Å². The minimum atomic E-state index is -1.77. The molecule has 2 aliphatic heterocycles. The van der Waals surface area contributed by atoms with Crippen LogP contribution in [0.1, 0.15) is 31.1 Å². The molecule has 3 rings (SSSR count). The van der Waals surface area contributed by atoms with Gasteiger partial charge in [-0.3, -0.25) is 24.9 Å². The minimum Gasteiger partial charge on any atom is -0.480 e. The lowest BCUT2D eigenvalue weighted by Gasteiger charge is -2.49. The quantitative estimate of drug-likeness (QED) is 0.134. The van der Waals surface area contributed by atoms with E-state index >= 15 is 0 Å². The minimum absolute atomic E-state index is 0.0687. The molecule has 4 unspecified atom stereocenters. The fourth-order valence-electron chi connectivity index (χ4n) is 3.72. The summed E-state index contributed by atoms with van der Waals surface area (Å²) in [5.41, 5.74) is 4.11. The molecule has 182 valence electrons. The molecule has 2 saturated heterocycles. The zero-order valence-corrected chi connectivity index (χ0v) is 19.0. The fourth-order valence-corrected chi connectivity index (χ4v) is 5.39. The highest BCUT2D eigenvalue weighted by Gasteiger charge is 2.71. The van der Waals surface area contributed by atoms with Gasteiger partial charge < -0.3 is 29.5 Å². The average molecular weight is 495 g/mol. The van der Waals surface area contributed by atoms with Crippen molar-refractivity contribution in [2.45, 2.75) is 42.6 Å². The van der Waals surface area contributed by atoms with Gasteiger partial charge in [-0.2, -0.15) is 0 Å². The maximum atomic E-state index is 12.7. The molecule has 2 aliphatic rings. The lowest BCUT2D eigenvalue weighted by atomic mass is 9.91. The molecular weight excluding hydrogens is 474 g/mol. The number of carbonyl (C=O) groups is 6. The third kappa shape index (κ3) is 4.28. The molecule has 0 radical (unpaired) electrons. The molecule has 4 N–H and O–H groups in total. The predicted molar refractivity (Wildman–Crippen MR) is 114 cm³/mol. The second kappa shape index (κ2) is 8.95. The Morgan fingerprint density at radius 1 is 1.21 bits per heavy atom. The van der Waals surface area contributed by atoms with Crippen LogP contribution in [0, 0.1) is 0 Å². The van der Waals surface area contributed by atoms with Crippen molar-refractivity contribution in [3.63, 3.8) is 0 Å². The van der Waals surface area contributed by atoms with Gasteiger partial charge in [-0.05, 0) is 25.1 Å². The van der Waals surface area contributed by atoms with Crippen molar-refractivity contribution >= 4 is 48.0 Å². The second-order valence-corrected chi connectivity index (χ2v) is 9.41. The number of fused-ring (bicyclic) bond motifs is 1. The van der Waals surface area contributed by atoms with Gasteiger partial charge in [-0.15, -0.1) is 11.8 Å². The molecule has 2 fully saturated rings. The maximum absolute atomic E-state index is 12.7. The van der Waals surface area contributed by atoms with Crippen LogP contribution >= 0.6 is 11.8 Å². The molecule has 1 aromatic carbocycles. The first-order valence-electron chi connectivity index (χ1n) is 9.75. The Morgan fingerprint density at radius 2 is 1.82 bits per heavy atom. The highest BCUT2D eigenvalue weighted by Crippen LogP contribution is 2.53. The molecule has 14 heteroatoms. The van der Waals surface area contributed by atoms with Crippen LogP contribution in [-0.4, -0.2) is 74.6 Å². The first-order valence-corrected chi connectivity index (χ1v) is 10.6. The van der Waals surface area contributed by atoms with Crippen LogP contribution in [0.15, 0.2) is 18.2 Å². The van der Waals surface area contributed by atoms with Crippen molar-refractivity contribution in [1.29, 1.82) is 0 Å². The number of ether oxygens (including phenoxy) is 3. The predicted octanol–water partition coefficient (Wildman–Crippen LogP) is -0.778. The molecule has 34 heavy (non-hydrogen) atoms. The van der Waals surface area contributed by atoms with Crippen LogP contribution in [-0.2, 0) is 28.7 Å². The van der Waals surface area contributed by atoms with Crippen LogP contribution in [0.25, 0.3) is 0 Å². The zero-order chi connectivity index (χ0) is 25.4. The van der Waals surface area contributed by atoms with Crippen LogP contribution in [0.2, 0.25) is 0 Å². The summed E-state index contributed by atoms with van der Waals surface area (Å²) in [5, 5.41) is 11.1. The Morgan fingerprint density at radius 3 is 2.38 bits per heavy atom. The van der Waals surface area contributed by atoms with Gasteiger partial charge in [0.25, 0.3) is 5.91 Å². The average Bonchev–Trinajstić information content (AvgIpc) is 3.04. The molecule has 0 saturated carbocycles. The molecule has 0 aromatic heterocycles. The maximum Gasteiger partial charge on any atom is 0.338 e. The summed E-state index contributed by atoms with van der Waals surface area (Å²) < 4.78 is 13.9. The summed E-state index contributed by atoms with van der Waals surface area (Å²) in [6.07, 6.45) is 0.251. The largest absolute Gasteiger partial charge is 0.480 e. The standard InChI is InChI=1S/C20H21N3O10S/c1-9(25)32-12-5-4-11(6-13(12)33-10(2)26)16(29)31-7-19(3)14(15(27)28)23-17(30)20(21,22-8-24)18(23)34-19/h4-6,8,14,18H,7,21H2,1-3H3,(H,22,24)(H,27,28). The number of hydrogen-bond acceptors (Lipinski definition) is 11. The second-order valence-electron chi connectivity index (χ2n) is 7.79. The number of esters is 3. The molecule has 4 atom stereocenters. The van der Waals surface area contributed by atoms with Crippen molar-refractivity contribution < 1.29 is 48.1 Å². The number of β-lactam (4-membered cyclic amide) rings is 1. The topological polar surface area (TPSA) is 192 Å². The van der Waals surface area contributed by atoms with E-state index < -0.39 is 58.2 Å². The first kappa shape index (κ1) is 25.0. The number of amides is 2. The van der Waals surface area contributed by atoms with E-state index in [2.05, 4.69) is 5.32 Å². The zero-order valence-electron chi connectivity index (χ0n) is 18.2. The van der Waals surface area contributed by atoms with Crippen molar-refractivity contribution in [1.82, 2.24) is 10.2 Å². The van der Waals surface area contributed by atoms with Gasteiger partial charge in [-0.25, -0.2) is 9.59 Å². The lowest BCUT2D eigenvalue weighted by molar-refractivity contribution is -0.168. The number of thioether (sulfide) groups is 1. The first-order chi connectivity index (χ1) is 15.8. The van der Waals surface area contributed by atoms with E-state index in [-0.39, 0.29) is 23.5 Å². The van der Waals surface area contributed by atoms with E-state index in [0.29, 0.717) is 0 Å². The van der Waals surface area contributed by atoms with E-state index in [1.807, 2.05) is 0 Å². The monoisotopic (exact) mass is 495 g/mol. The Balaban J connectivity index is 1.80.